The predicted molar refractivity (Wildman–Crippen MR) is 135 cm³/mol. The van der Waals surface area contributed by atoms with Crippen molar-refractivity contribution in [3.63, 3.8) is 0 Å². The molecule has 6 heteroatoms. The van der Waals surface area contributed by atoms with Crippen LogP contribution in [0.4, 0.5) is 4.79 Å². The number of benzene rings is 3. The summed E-state index contributed by atoms with van der Waals surface area (Å²) in [5, 5.41) is 29.4. The van der Waals surface area contributed by atoms with E-state index in [9.17, 15) is 15.0 Å². The van der Waals surface area contributed by atoms with Crippen molar-refractivity contribution < 1.29 is 24.9 Å². The lowest BCUT2D eigenvalue weighted by Crippen LogP contribution is -2.45. The highest BCUT2D eigenvalue weighted by molar-refractivity contribution is 5.65. The maximum atomic E-state index is 11.5. The molecule has 0 radical (unpaired) electrons. The summed E-state index contributed by atoms with van der Waals surface area (Å²) in [4.78, 5) is 13.0. The minimum Gasteiger partial charge on any atom is -0.508 e. The van der Waals surface area contributed by atoms with Gasteiger partial charge in [0.05, 0.1) is 6.61 Å². The number of ether oxygens (including phenoxy) is 1. The molecule has 3 aromatic rings. The maximum Gasteiger partial charge on any atom is 0.407 e. The number of aryl methyl sites for hydroxylation is 1. The van der Waals surface area contributed by atoms with E-state index in [0.29, 0.717) is 39.0 Å². The summed E-state index contributed by atoms with van der Waals surface area (Å²) < 4.78 is 5.88. The summed E-state index contributed by atoms with van der Waals surface area (Å²) in [5.74, 6) is 1.06. The maximum absolute atomic E-state index is 11.5. The zero-order valence-corrected chi connectivity index (χ0v) is 19.9. The average Bonchev–Trinajstić information content (AvgIpc) is 2.89. The lowest BCUT2D eigenvalue weighted by atomic mass is 9.67. The molecular weight excluding hydrogens is 442 g/mol. The molecule has 0 bridgehead atoms. The Hall–Kier alpha value is -3.51. The Morgan fingerprint density at radius 2 is 1.60 bits per heavy atom. The minimum atomic E-state index is -0.896. The van der Waals surface area contributed by atoms with Gasteiger partial charge in [0.2, 0.25) is 0 Å². The summed E-state index contributed by atoms with van der Waals surface area (Å²) >= 11 is 0. The molecule has 0 spiro atoms. The number of rotatable bonds is 9. The lowest BCUT2D eigenvalue weighted by molar-refractivity contribution is 0.122. The number of phenols is 1. The number of carboxylic acid groups (broad SMARTS) is 1. The Kier molecular flexibility index (Phi) is 7.93. The molecule has 1 aliphatic rings. The van der Waals surface area contributed by atoms with Gasteiger partial charge in [0.15, 0.2) is 0 Å². The van der Waals surface area contributed by atoms with E-state index in [-0.39, 0.29) is 12.4 Å². The van der Waals surface area contributed by atoms with Gasteiger partial charge in [-0.1, -0.05) is 54.6 Å². The van der Waals surface area contributed by atoms with Crippen LogP contribution in [-0.4, -0.2) is 52.6 Å². The molecular formula is C29H33NO5. The number of aliphatic hydroxyl groups excluding tert-OH is 1. The molecule has 6 nitrogen and oxygen atoms in total. The highest BCUT2D eigenvalue weighted by Gasteiger charge is 2.40. The first-order valence-electron chi connectivity index (χ1n) is 12.2. The highest BCUT2D eigenvalue weighted by atomic mass is 16.5. The summed E-state index contributed by atoms with van der Waals surface area (Å²) in [6, 6.07) is 23.7. The third-order valence-corrected chi connectivity index (χ3v) is 6.99. The summed E-state index contributed by atoms with van der Waals surface area (Å²) in [7, 11) is 0. The van der Waals surface area contributed by atoms with Gasteiger partial charge in [0.25, 0.3) is 0 Å². The largest absolute Gasteiger partial charge is 0.508 e. The lowest BCUT2D eigenvalue weighted by Gasteiger charge is -2.42. The molecule has 1 saturated heterocycles. The molecule has 1 aliphatic heterocycles. The van der Waals surface area contributed by atoms with Gasteiger partial charge in [-0.2, -0.15) is 0 Å². The molecule has 0 atom stereocenters. The number of likely N-dealkylation sites (tertiary alicyclic amines) is 1. The number of aliphatic hydroxyl groups is 1. The molecule has 1 fully saturated rings. The topological polar surface area (TPSA) is 90.2 Å². The molecule has 1 amide bonds. The molecule has 184 valence electrons. The second-order valence-corrected chi connectivity index (χ2v) is 9.14. The van der Waals surface area contributed by atoms with Crippen molar-refractivity contribution in [1.82, 2.24) is 4.90 Å². The van der Waals surface area contributed by atoms with Crippen LogP contribution in [0, 0.1) is 0 Å². The van der Waals surface area contributed by atoms with Crippen LogP contribution < -0.4 is 4.74 Å². The first-order valence-corrected chi connectivity index (χ1v) is 12.2. The molecule has 1 heterocycles. The fraction of sp³-hybridized carbons (Fsp3) is 0.345. The van der Waals surface area contributed by atoms with Crippen molar-refractivity contribution in [2.24, 2.45) is 0 Å². The van der Waals surface area contributed by atoms with Gasteiger partial charge in [-0.25, -0.2) is 4.79 Å². The quantitative estimate of drug-likeness (QED) is 0.379. The zero-order chi connectivity index (χ0) is 24.7. The number of hydrogen-bond donors (Lipinski definition) is 3. The van der Waals surface area contributed by atoms with Gasteiger partial charge in [-0.05, 0) is 67.0 Å². The molecule has 35 heavy (non-hydrogen) atoms. The number of amides is 1. The zero-order valence-electron chi connectivity index (χ0n) is 19.9. The van der Waals surface area contributed by atoms with Crippen LogP contribution in [0.2, 0.25) is 0 Å². The fourth-order valence-corrected chi connectivity index (χ4v) is 5.02. The van der Waals surface area contributed by atoms with Crippen LogP contribution in [0.15, 0.2) is 72.8 Å². The summed E-state index contributed by atoms with van der Waals surface area (Å²) in [6.45, 7) is 1.57. The van der Waals surface area contributed by atoms with Crippen molar-refractivity contribution in [3.8, 4) is 11.5 Å². The third-order valence-electron chi connectivity index (χ3n) is 6.99. The number of hydrogen-bond acceptors (Lipinski definition) is 4. The van der Waals surface area contributed by atoms with Crippen LogP contribution in [0.1, 0.15) is 41.5 Å². The van der Waals surface area contributed by atoms with Crippen molar-refractivity contribution >= 4 is 6.09 Å². The second kappa shape index (κ2) is 11.3. The van der Waals surface area contributed by atoms with Gasteiger partial charge < -0.3 is 25.0 Å². The molecule has 3 aromatic carbocycles. The fourth-order valence-electron chi connectivity index (χ4n) is 5.02. The average molecular weight is 476 g/mol. The SMILES string of the molecule is O=C(O)N1CCC(c2ccccc2)(c2cc(CCCOc3ccc(CCO)cc3)ccc2O)CC1. The van der Waals surface area contributed by atoms with Crippen LogP contribution >= 0.6 is 0 Å². The Morgan fingerprint density at radius 3 is 2.26 bits per heavy atom. The molecule has 3 N–H and O–H groups in total. The van der Waals surface area contributed by atoms with Crippen molar-refractivity contribution in [3.05, 3.63) is 95.1 Å². The van der Waals surface area contributed by atoms with Gasteiger partial charge in [0, 0.05) is 30.7 Å². The van der Waals surface area contributed by atoms with Crippen molar-refractivity contribution in [2.75, 3.05) is 26.3 Å². The molecule has 0 saturated carbocycles. The molecule has 4 rings (SSSR count). The van der Waals surface area contributed by atoms with E-state index in [1.165, 1.54) is 4.90 Å². The Balaban J connectivity index is 1.47. The van der Waals surface area contributed by atoms with Gasteiger partial charge in [-0.15, -0.1) is 0 Å². The third kappa shape index (κ3) is 5.77. The number of nitrogens with zero attached hydrogens (tertiary/aromatic N) is 1. The Labute approximate surface area is 206 Å². The normalized spacial score (nSPS) is 15.1. The second-order valence-electron chi connectivity index (χ2n) is 9.14. The number of aromatic hydroxyl groups is 1. The van der Waals surface area contributed by atoms with Crippen LogP contribution in [0.5, 0.6) is 11.5 Å². The van der Waals surface area contributed by atoms with Crippen LogP contribution in [0.3, 0.4) is 0 Å². The van der Waals surface area contributed by atoms with Crippen molar-refractivity contribution in [2.45, 2.75) is 37.5 Å². The standard InChI is InChI=1S/C29H33NO5/c31-19-14-22-8-11-25(12-9-22)35-20-4-5-23-10-13-27(32)26(21-23)29(24-6-2-1-3-7-24)15-17-30(18-16-29)28(33)34/h1-3,6-13,21,31-32H,4-5,14-20H2,(H,33,34). The van der Waals surface area contributed by atoms with E-state index in [2.05, 4.69) is 18.2 Å². The monoisotopic (exact) mass is 475 g/mol. The first-order chi connectivity index (χ1) is 17.0. The molecule has 0 aromatic heterocycles. The minimum absolute atomic E-state index is 0.137. The van der Waals surface area contributed by atoms with E-state index in [1.807, 2.05) is 48.5 Å². The molecule has 0 aliphatic carbocycles. The van der Waals surface area contributed by atoms with Gasteiger partial charge in [0.1, 0.15) is 11.5 Å². The van der Waals surface area contributed by atoms with E-state index in [0.717, 1.165) is 40.8 Å². The van der Waals surface area contributed by atoms with E-state index >= 15 is 0 Å². The van der Waals surface area contributed by atoms with Gasteiger partial charge in [-0.3, -0.25) is 0 Å². The summed E-state index contributed by atoms with van der Waals surface area (Å²) in [6.07, 6.45) is 2.62. The Morgan fingerprint density at radius 1 is 0.914 bits per heavy atom. The van der Waals surface area contributed by atoms with Gasteiger partial charge >= 0.3 is 6.09 Å². The summed E-state index contributed by atoms with van der Waals surface area (Å²) in [5.41, 5.74) is 3.74. The number of carbonyl (C=O) groups is 1. The van der Waals surface area contributed by atoms with Crippen molar-refractivity contribution in [1.29, 1.82) is 0 Å². The first kappa shape index (κ1) is 24.6. The number of phenolic OH excluding ortho intramolecular Hbond substituents is 1. The smallest absolute Gasteiger partial charge is 0.407 e. The Bertz CT molecular complexity index is 1110. The van der Waals surface area contributed by atoms with Crippen LogP contribution in [-0.2, 0) is 18.3 Å². The molecule has 0 unspecified atom stereocenters. The predicted octanol–water partition coefficient (Wildman–Crippen LogP) is 5.00. The van der Waals surface area contributed by atoms with E-state index < -0.39 is 11.5 Å². The number of piperidine rings is 1. The van der Waals surface area contributed by atoms with E-state index in [4.69, 9.17) is 9.84 Å². The van der Waals surface area contributed by atoms with E-state index in [1.54, 1.807) is 6.07 Å². The van der Waals surface area contributed by atoms with Crippen LogP contribution in [0.25, 0.3) is 0 Å². The highest BCUT2D eigenvalue weighted by Crippen LogP contribution is 2.45.